The van der Waals surface area contributed by atoms with Gasteiger partial charge in [0.25, 0.3) is 6.47 Å². The fraction of sp³-hybridized carbons (Fsp3) is 0.529. The Balaban J connectivity index is 0.000000351. The van der Waals surface area contributed by atoms with Crippen LogP contribution in [0.4, 0.5) is 14.5 Å². The van der Waals surface area contributed by atoms with Crippen molar-refractivity contribution in [2.75, 3.05) is 31.1 Å². The van der Waals surface area contributed by atoms with Crippen molar-refractivity contribution in [1.29, 1.82) is 5.26 Å². The van der Waals surface area contributed by atoms with Crippen molar-refractivity contribution in [3.63, 3.8) is 0 Å². The summed E-state index contributed by atoms with van der Waals surface area (Å²) in [6.45, 7) is 8.77. The molecule has 0 spiro atoms. The Labute approximate surface area is 141 Å². The van der Waals surface area contributed by atoms with E-state index in [0.717, 1.165) is 13.1 Å². The van der Waals surface area contributed by atoms with E-state index in [0.29, 0.717) is 19.6 Å². The lowest BCUT2D eigenvalue weighted by atomic mass is 10.1. The third kappa shape index (κ3) is 6.13. The van der Waals surface area contributed by atoms with E-state index in [4.69, 9.17) is 5.26 Å². The van der Waals surface area contributed by atoms with Crippen LogP contribution in [0.5, 0.6) is 0 Å². The van der Waals surface area contributed by atoms with E-state index in [1.807, 2.05) is 31.7 Å². The molecule has 7 heteroatoms. The van der Waals surface area contributed by atoms with Gasteiger partial charge >= 0.3 is 0 Å². The Morgan fingerprint density at radius 1 is 1.29 bits per heavy atom. The molecule has 1 aromatic rings. The van der Waals surface area contributed by atoms with Crippen LogP contribution in [-0.2, 0) is 16.0 Å². The van der Waals surface area contributed by atoms with Crippen LogP contribution >= 0.6 is 0 Å². The summed E-state index contributed by atoms with van der Waals surface area (Å²) in [5, 5.41) is 11.6. The second-order valence-electron chi connectivity index (χ2n) is 6.27. The highest BCUT2D eigenvalue weighted by atomic mass is 19.2. The molecule has 0 amide bonds. The lowest BCUT2D eigenvalue weighted by Gasteiger charge is -2.29. The molecule has 1 aliphatic heterocycles. The molecular formula is C17H23F2N3O2. The normalized spacial score (nSPS) is 14.2. The number of halogens is 2. The lowest BCUT2D eigenvalue weighted by Crippen LogP contribution is -2.44. The number of anilines is 1. The van der Waals surface area contributed by atoms with E-state index in [1.165, 1.54) is 6.07 Å². The molecule has 0 bridgehead atoms. The van der Waals surface area contributed by atoms with Crippen molar-refractivity contribution in [2.24, 2.45) is 0 Å². The van der Waals surface area contributed by atoms with Crippen LogP contribution in [0.2, 0.25) is 0 Å². The zero-order valence-electron chi connectivity index (χ0n) is 14.2. The van der Waals surface area contributed by atoms with E-state index >= 15 is 0 Å². The van der Waals surface area contributed by atoms with Gasteiger partial charge in [0.05, 0.1) is 18.2 Å². The minimum atomic E-state index is -0.900. The minimum absolute atomic E-state index is 0.107. The van der Waals surface area contributed by atoms with Gasteiger partial charge in [0.15, 0.2) is 11.6 Å². The first-order valence-corrected chi connectivity index (χ1v) is 7.71. The van der Waals surface area contributed by atoms with Gasteiger partial charge in [0, 0.05) is 31.7 Å². The fourth-order valence-electron chi connectivity index (χ4n) is 2.10. The maximum absolute atomic E-state index is 13.8. The molecule has 1 N–H and O–H groups in total. The molecule has 1 aromatic carbocycles. The molecule has 0 aromatic heterocycles. The molecule has 1 aliphatic rings. The highest BCUT2D eigenvalue weighted by Crippen LogP contribution is 2.24. The van der Waals surface area contributed by atoms with Gasteiger partial charge in [0.2, 0.25) is 0 Å². The van der Waals surface area contributed by atoms with Crippen molar-refractivity contribution in [3.8, 4) is 6.07 Å². The molecule has 0 aliphatic carbocycles. The van der Waals surface area contributed by atoms with E-state index in [9.17, 15) is 13.6 Å². The average Bonchev–Trinajstić information content (AvgIpc) is 2.52. The highest BCUT2D eigenvalue weighted by Gasteiger charge is 2.19. The molecule has 0 unspecified atom stereocenters. The smallest absolute Gasteiger partial charge is 0.293 e. The molecule has 2 rings (SSSR count). The van der Waals surface area contributed by atoms with Crippen LogP contribution in [0.3, 0.4) is 0 Å². The molecule has 5 nitrogen and oxygen atoms in total. The van der Waals surface area contributed by atoms with Crippen LogP contribution in [0.15, 0.2) is 12.1 Å². The number of benzene rings is 1. The van der Waals surface area contributed by atoms with E-state index < -0.39 is 11.6 Å². The SMILES string of the molecule is CC(C)(C)OC=O.N#CCc1ccc(N2CCNCC2)c(F)c1F. The number of hydrogen-bond acceptors (Lipinski definition) is 5. The Morgan fingerprint density at radius 3 is 2.38 bits per heavy atom. The Morgan fingerprint density at radius 2 is 1.92 bits per heavy atom. The van der Waals surface area contributed by atoms with E-state index in [2.05, 4.69) is 10.1 Å². The maximum atomic E-state index is 13.8. The quantitative estimate of drug-likeness (QED) is 0.857. The zero-order chi connectivity index (χ0) is 18.2. The Hall–Kier alpha value is -2.20. The van der Waals surface area contributed by atoms with Gasteiger partial charge in [-0.15, -0.1) is 0 Å². The Bertz CT molecular complexity index is 589. The van der Waals surface area contributed by atoms with Gasteiger partial charge in [0.1, 0.15) is 5.60 Å². The molecule has 132 valence electrons. The van der Waals surface area contributed by atoms with Crippen molar-refractivity contribution in [2.45, 2.75) is 32.8 Å². The summed E-state index contributed by atoms with van der Waals surface area (Å²) in [6.07, 6.45) is -0.107. The lowest BCUT2D eigenvalue weighted by molar-refractivity contribution is -0.138. The molecule has 0 atom stereocenters. The monoisotopic (exact) mass is 339 g/mol. The molecule has 0 saturated carbocycles. The summed E-state index contributed by atoms with van der Waals surface area (Å²) >= 11 is 0. The number of nitrogens with one attached hydrogen (secondary N) is 1. The van der Waals surface area contributed by atoms with Crippen LogP contribution in [0.25, 0.3) is 0 Å². The summed E-state index contributed by atoms with van der Waals surface area (Å²) in [4.78, 5) is 11.4. The van der Waals surface area contributed by atoms with Gasteiger partial charge in [-0.2, -0.15) is 5.26 Å². The average molecular weight is 339 g/mol. The number of carbonyl (C=O) groups excluding carboxylic acids is 1. The second-order valence-corrected chi connectivity index (χ2v) is 6.27. The number of piperazine rings is 1. The highest BCUT2D eigenvalue weighted by molar-refractivity contribution is 5.50. The van der Waals surface area contributed by atoms with E-state index in [-0.39, 0.29) is 23.3 Å². The van der Waals surface area contributed by atoms with Gasteiger partial charge in [-0.3, -0.25) is 4.79 Å². The van der Waals surface area contributed by atoms with Crippen LogP contribution in [-0.4, -0.2) is 38.3 Å². The van der Waals surface area contributed by atoms with Crippen molar-refractivity contribution in [3.05, 3.63) is 29.3 Å². The molecule has 1 fully saturated rings. The van der Waals surface area contributed by atoms with Crippen molar-refractivity contribution < 1.29 is 18.3 Å². The van der Waals surface area contributed by atoms with Gasteiger partial charge in [-0.05, 0) is 26.8 Å². The van der Waals surface area contributed by atoms with Crippen molar-refractivity contribution >= 4 is 12.2 Å². The predicted molar refractivity (Wildman–Crippen MR) is 87.7 cm³/mol. The molecular weight excluding hydrogens is 316 g/mol. The summed E-state index contributed by atoms with van der Waals surface area (Å²) in [5.41, 5.74) is 0.0800. The third-order valence-corrected chi connectivity index (χ3v) is 3.27. The van der Waals surface area contributed by atoms with Crippen LogP contribution in [0, 0.1) is 23.0 Å². The summed E-state index contributed by atoms with van der Waals surface area (Å²) in [6, 6.07) is 4.86. The summed E-state index contributed by atoms with van der Waals surface area (Å²) in [7, 11) is 0. The standard InChI is InChI=1S/C12H13F2N3.C5H10O2/c13-11-9(3-4-15)1-2-10(12(11)14)17-7-5-16-6-8-17;1-5(2,3)7-4-6/h1-2,16H,3,5-8H2;4H,1-3H3. The molecule has 1 heterocycles. The van der Waals surface area contributed by atoms with Gasteiger partial charge < -0.3 is 15.0 Å². The zero-order valence-corrected chi connectivity index (χ0v) is 14.2. The van der Waals surface area contributed by atoms with Gasteiger partial charge in [-0.1, -0.05) is 6.07 Å². The predicted octanol–water partition coefficient (Wildman–Crippen LogP) is 2.40. The first-order valence-electron chi connectivity index (χ1n) is 7.71. The molecule has 1 saturated heterocycles. The van der Waals surface area contributed by atoms with Crippen LogP contribution in [0.1, 0.15) is 26.3 Å². The number of ether oxygens (including phenoxy) is 1. The van der Waals surface area contributed by atoms with Crippen molar-refractivity contribution in [1.82, 2.24) is 5.32 Å². The number of rotatable bonds is 3. The number of hydrogen-bond donors (Lipinski definition) is 1. The first-order chi connectivity index (χ1) is 11.3. The minimum Gasteiger partial charge on any atom is -0.462 e. The summed E-state index contributed by atoms with van der Waals surface area (Å²) < 4.78 is 32.0. The largest absolute Gasteiger partial charge is 0.462 e. The maximum Gasteiger partial charge on any atom is 0.293 e. The van der Waals surface area contributed by atoms with E-state index in [1.54, 1.807) is 6.07 Å². The Kier molecular flexibility index (Phi) is 7.59. The van der Waals surface area contributed by atoms with Gasteiger partial charge in [-0.25, -0.2) is 8.78 Å². The first kappa shape index (κ1) is 19.8. The number of nitrogens with zero attached hydrogens (tertiary/aromatic N) is 2. The number of carbonyl (C=O) groups is 1. The molecule has 24 heavy (non-hydrogen) atoms. The number of nitriles is 1. The topological polar surface area (TPSA) is 65.4 Å². The third-order valence-electron chi connectivity index (χ3n) is 3.27. The van der Waals surface area contributed by atoms with Crippen LogP contribution < -0.4 is 10.2 Å². The fourth-order valence-corrected chi connectivity index (χ4v) is 2.10. The second kappa shape index (κ2) is 9.18. The molecule has 0 radical (unpaired) electrons. The summed E-state index contributed by atoms with van der Waals surface area (Å²) in [5.74, 6) is -1.75.